The van der Waals surface area contributed by atoms with Gasteiger partial charge < -0.3 is 9.47 Å². The van der Waals surface area contributed by atoms with Crippen molar-refractivity contribution in [3.8, 4) is 16.9 Å². The Balaban J connectivity index is 2.03. The van der Waals surface area contributed by atoms with E-state index >= 15 is 0 Å². The Labute approximate surface area is 132 Å². The average molecular weight is 303 g/mol. The summed E-state index contributed by atoms with van der Waals surface area (Å²) in [6, 6.07) is 9.80. The Kier molecular flexibility index (Phi) is 2.44. The molecule has 0 saturated heterocycles. The van der Waals surface area contributed by atoms with Crippen molar-refractivity contribution in [2.24, 2.45) is 0 Å². The van der Waals surface area contributed by atoms with E-state index in [0.717, 1.165) is 27.5 Å². The van der Waals surface area contributed by atoms with Gasteiger partial charge in [-0.05, 0) is 45.8 Å². The molecule has 0 bridgehead atoms. The van der Waals surface area contributed by atoms with Crippen molar-refractivity contribution in [2.45, 2.75) is 13.2 Å². The van der Waals surface area contributed by atoms with Crippen LogP contribution in [0.15, 0.2) is 36.5 Å². The maximum atomic E-state index is 13.0. The molecule has 1 aliphatic heterocycles. The Hall–Kier alpha value is -2.72. The van der Waals surface area contributed by atoms with Crippen LogP contribution in [0.5, 0.6) is 5.75 Å². The molecule has 2 aliphatic rings. The van der Waals surface area contributed by atoms with Gasteiger partial charge >= 0.3 is 0 Å². The smallest absolute Gasteiger partial charge is 0.216 e. The molecule has 0 saturated carbocycles. The van der Waals surface area contributed by atoms with E-state index in [4.69, 9.17) is 9.47 Å². The molecule has 0 N–H and O–H groups in total. The van der Waals surface area contributed by atoms with Crippen LogP contribution in [0.25, 0.3) is 21.9 Å². The summed E-state index contributed by atoms with van der Waals surface area (Å²) >= 11 is 0. The summed E-state index contributed by atoms with van der Waals surface area (Å²) in [6.07, 6.45) is 1.70. The third kappa shape index (κ3) is 1.53. The molecule has 0 fully saturated rings. The lowest BCUT2D eigenvalue weighted by Gasteiger charge is -2.23. The van der Waals surface area contributed by atoms with Crippen LogP contribution in [-0.4, -0.2) is 17.9 Å². The molecular formula is C19H13NO3. The average Bonchev–Trinajstić information content (AvgIpc) is 3.05. The summed E-state index contributed by atoms with van der Waals surface area (Å²) in [4.78, 5) is 17.4. The third-order valence-corrected chi connectivity index (χ3v) is 4.71. The molecule has 1 aromatic heterocycles. The number of nitrogens with zero attached hydrogens (tertiary/aromatic N) is 1. The number of aromatic nitrogens is 1. The zero-order valence-electron chi connectivity index (χ0n) is 12.6. The first-order chi connectivity index (χ1) is 11.3. The number of pyridine rings is 1. The largest absolute Gasteiger partial charge is 0.496 e. The topological polar surface area (TPSA) is 48.4 Å². The zero-order chi connectivity index (χ0) is 15.6. The molecule has 3 aromatic rings. The Morgan fingerprint density at radius 3 is 2.96 bits per heavy atom. The molecule has 4 nitrogen and oxygen atoms in total. The van der Waals surface area contributed by atoms with Crippen LogP contribution in [0.2, 0.25) is 0 Å². The molecule has 2 aromatic carbocycles. The fraction of sp³-hybridized carbons (Fsp3) is 0.158. The van der Waals surface area contributed by atoms with Crippen LogP contribution in [0.1, 0.15) is 27.2 Å². The van der Waals surface area contributed by atoms with Crippen molar-refractivity contribution >= 4 is 16.6 Å². The van der Waals surface area contributed by atoms with Gasteiger partial charge in [0, 0.05) is 11.6 Å². The molecule has 23 heavy (non-hydrogen) atoms. The van der Waals surface area contributed by atoms with E-state index in [2.05, 4.69) is 11.1 Å². The minimum atomic E-state index is -0.0746. The molecule has 112 valence electrons. The number of hydrogen-bond donors (Lipinski definition) is 0. The summed E-state index contributed by atoms with van der Waals surface area (Å²) < 4.78 is 11.1. The second kappa shape index (κ2) is 4.40. The Morgan fingerprint density at radius 1 is 1.17 bits per heavy atom. The van der Waals surface area contributed by atoms with Gasteiger partial charge in [-0.15, -0.1) is 0 Å². The first kappa shape index (κ1) is 12.8. The van der Waals surface area contributed by atoms with Crippen LogP contribution < -0.4 is 4.74 Å². The number of methoxy groups -OCH3 is 1. The Morgan fingerprint density at radius 2 is 2.09 bits per heavy atom. The van der Waals surface area contributed by atoms with E-state index in [-0.39, 0.29) is 5.78 Å². The van der Waals surface area contributed by atoms with E-state index in [0.29, 0.717) is 30.2 Å². The van der Waals surface area contributed by atoms with Crippen LogP contribution >= 0.6 is 0 Å². The molecule has 2 heterocycles. The summed E-state index contributed by atoms with van der Waals surface area (Å²) in [7, 11) is 1.59. The van der Waals surface area contributed by atoms with Crippen molar-refractivity contribution in [3.63, 3.8) is 0 Å². The molecule has 0 radical (unpaired) electrons. The summed E-state index contributed by atoms with van der Waals surface area (Å²) in [6.45, 7) is 1.18. The van der Waals surface area contributed by atoms with Crippen molar-refractivity contribution in [1.82, 2.24) is 4.98 Å². The van der Waals surface area contributed by atoms with Gasteiger partial charge in [0.25, 0.3) is 0 Å². The van der Waals surface area contributed by atoms with Crippen LogP contribution in [0.3, 0.4) is 0 Å². The van der Waals surface area contributed by atoms with Crippen LogP contribution in [0, 0.1) is 0 Å². The lowest BCUT2D eigenvalue weighted by molar-refractivity contribution is 0.103. The highest BCUT2D eigenvalue weighted by Crippen LogP contribution is 2.46. The number of hydrogen-bond acceptors (Lipinski definition) is 4. The third-order valence-electron chi connectivity index (χ3n) is 4.71. The predicted molar refractivity (Wildman–Crippen MR) is 85.7 cm³/mol. The summed E-state index contributed by atoms with van der Waals surface area (Å²) in [5.41, 5.74) is 5.45. The van der Waals surface area contributed by atoms with E-state index < -0.39 is 0 Å². The minimum Gasteiger partial charge on any atom is -0.496 e. The van der Waals surface area contributed by atoms with Crippen molar-refractivity contribution < 1.29 is 14.3 Å². The first-order valence-electron chi connectivity index (χ1n) is 7.53. The van der Waals surface area contributed by atoms with E-state index in [9.17, 15) is 4.79 Å². The van der Waals surface area contributed by atoms with Gasteiger partial charge in [0.05, 0.1) is 25.9 Å². The maximum Gasteiger partial charge on any atom is 0.216 e. The van der Waals surface area contributed by atoms with E-state index in [1.807, 2.05) is 24.3 Å². The number of ketones is 1. The number of carbonyl (C=O) groups is 1. The van der Waals surface area contributed by atoms with Gasteiger partial charge in [-0.2, -0.15) is 0 Å². The van der Waals surface area contributed by atoms with E-state index in [1.54, 1.807) is 13.3 Å². The fourth-order valence-electron chi connectivity index (χ4n) is 3.73. The lowest BCUT2D eigenvalue weighted by atomic mass is 9.81. The van der Waals surface area contributed by atoms with Gasteiger partial charge in [0.15, 0.2) is 0 Å². The highest BCUT2D eigenvalue weighted by molar-refractivity contribution is 6.26. The molecule has 5 rings (SSSR count). The van der Waals surface area contributed by atoms with E-state index in [1.165, 1.54) is 5.56 Å². The van der Waals surface area contributed by atoms with Gasteiger partial charge in [-0.1, -0.05) is 12.1 Å². The summed E-state index contributed by atoms with van der Waals surface area (Å²) in [5, 5.41) is 1.97. The number of rotatable bonds is 1. The monoisotopic (exact) mass is 303 g/mol. The highest BCUT2D eigenvalue weighted by Gasteiger charge is 2.32. The molecule has 1 aliphatic carbocycles. The molecule has 4 heteroatoms. The van der Waals surface area contributed by atoms with Crippen molar-refractivity contribution in [2.75, 3.05) is 7.11 Å². The van der Waals surface area contributed by atoms with Crippen molar-refractivity contribution in [3.05, 3.63) is 58.9 Å². The second-order valence-electron chi connectivity index (χ2n) is 5.85. The SMILES string of the molecule is COc1cccc2c1C(=O)c1nccc3cc4c(c-2c13)COC4. The number of ether oxygens (including phenoxy) is 2. The molecule has 0 atom stereocenters. The number of fused-ring (bicyclic) bond motifs is 4. The quantitative estimate of drug-likeness (QED) is 0.540. The van der Waals surface area contributed by atoms with Gasteiger partial charge in [0.2, 0.25) is 5.78 Å². The molecule has 0 spiro atoms. The lowest BCUT2D eigenvalue weighted by Crippen LogP contribution is -2.14. The summed E-state index contributed by atoms with van der Waals surface area (Å²) in [5.74, 6) is 0.517. The van der Waals surface area contributed by atoms with Gasteiger partial charge in [-0.25, -0.2) is 0 Å². The maximum absolute atomic E-state index is 13.0. The standard InChI is InChI=1S/C19H13NO3/c1-22-14-4-2-3-12-16-13-9-23-8-11(13)7-10-5-6-20-18(15(10)16)19(21)17(12)14/h2-7H,8-9H2,1H3. The van der Waals surface area contributed by atoms with Gasteiger partial charge in [0.1, 0.15) is 11.4 Å². The minimum absolute atomic E-state index is 0.0746. The number of carbonyl (C=O) groups excluding carboxylic acids is 1. The van der Waals surface area contributed by atoms with Crippen LogP contribution in [0.4, 0.5) is 0 Å². The normalized spacial score (nSPS) is 14.7. The molecule has 0 unspecified atom stereocenters. The zero-order valence-corrected chi connectivity index (χ0v) is 12.6. The second-order valence-corrected chi connectivity index (χ2v) is 5.85. The first-order valence-corrected chi connectivity index (χ1v) is 7.53. The Bertz CT molecular complexity index is 1010. The van der Waals surface area contributed by atoms with Crippen LogP contribution in [-0.2, 0) is 18.0 Å². The molecule has 0 amide bonds. The highest BCUT2D eigenvalue weighted by atomic mass is 16.5. The predicted octanol–water partition coefficient (Wildman–Crippen LogP) is 3.49. The number of benzene rings is 2. The fourth-order valence-corrected chi connectivity index (χ4v) is 3.73. The van der Waals surface area contributed by atoms with Gasteiger partial charge in [-0.3, -0.25) is 9.78 Å². The van der Waals surface area contributed by atoms with Crippen molar-refractivity contribution in [1.29, 1.82) is 0 Å². The molecular weight excluding hydrogens is 290 g/mol.